The SMILES string of the molecule is C=C[C@](C)(Cn1cc(I)c2c(N)ncnc21)NC(=O)OC(C)(C)C. The molecule has 0 spiro atoms. The molecule has 0 unspecified atom stereocenters. The number of aromatic nitrogens is 3. The van der Waals surface area contributed by atoms with Crippen LogP contribution in [0.4, 0.5) is 10.6 Å². The van der Waals surface area contributed by atoms with Crippen molar-refractivity contribution in [2.75, 3.05) is 5.73 Å². The van der Waals surface area contributed by atoms with Crippen molar-refractivity contribution in [1.29, 1.82) is 0 Å². The lowest BCUT2D eigenvalue weighted by Gasteiger charge is -2.29. The minimum absolute atomic E-state index is 0.434. The van der Waals surface area contributed by atoms with Crippen molar-refractivity contribution in [3.05, 3.63) is 28.7 Å². The molecule has 3 N–H and O–H groups in total. The molecule has 130 valence electrons. The van der Waals surface area contributed by atoms with E-state index in [0.29, 0.717) is 18.0 Å². The Hall–Kier alpha value is -1.84. The maximum atomic E-state index is 12.1. The van der Waals surface area contributed by atoms with Gasteiger partial charge in [-0.3, -0.25) is 0 Å². The summed E-state index contributed by atoms with van der Waals surface area (Å²) in [4.78, 5) is 20.4. The van der Waals surface area contributed by atoms with Gasteiger partial charge in [-0.2, -0.15) is 0 Å². The van der Waals surface area contributed by atoms with Crippen molar-refractivity contribution in [3.8, 4) is 0 Å². The van der Waals surface area contributed by atoms with E-state index in [1.54, 1.807) is 6.08 Å². The van der Waals surface area contributed by atoms with E-state index in [0.717, 1.165) is 8.96 Å². The van der Waals surface area contributed by atoms with E-state index in [1.165, 1.54) is 6.33 Å². The van der Waals surface area contributed by atoms with Crippen LogP contribution < -0.4 is 11.1 Å². The Morgan fingerprint density at radius 2 is 2.12 bits per heavy atom. The summed E-state index contributed by atoms with van der Waals surface area (Å²) >= 11 is 2.19. The second-order valence-corrected chi connectivity index (χ2v) is 7.97. The number of hydrogen-bond donors (Lipinski definition) is 2. The summed E-state index contributed by atoms with van der Waals surface area (Å²) in [5.74, 6) is 0.434. The first-order chi connectivity index (χ1) is 11.0. The highest BCUT2D eigenvalue weighted by Gasteiger charge is 2.28. The number of hydrogen-bond acceptors (Lipinski definition) is 5. The fraction of sp³-hybridized carbons (Fsp3) is 0.438. The van der Waals surface area contributed by atoms with E-state index >= 15 is 0 Å². The van der Waals surface area contributed by atoms with Crippen molar-refractivity contribution in [2.24, 2.45) is 0 Å². The van der Waals surface area contributed by atoms with E-state index in [9.17, 15) is 4.79 Å². The Morgan fingerprint density at radius 3 is 2.71 bits per heavy atom. The number of nitrogen functional groups attached to an aromatic ring is 1. The first kappa shape index (κ1) is 18.5. The van der Waals surface area contributed by atoms with Crippen LogP contribution in [0.2, 0.25) is 0 Å². The van der Waals surface area contributed by atoms with Gasteiger partial charge in [0, 0.05) is 9.77 Å². The second-order valence-electron chi connectivity index (χ2n) is 6.81. The monoisotopic (exact) mass is 443 g/mol. The molecule has 7 nitrogen and oxygen atoms in total. The van der Waals surface area contributed by atoms with Gasteiger partial charge in [-0.05, 0) is 50.3 Å². The number of nitrogens with one attached hydrogen (secondary N) is 1. The Bertz CT molecular complexity index is 781. The number of alkyl carbamates (subject to hydrolysis) is 1. The van der Waals surface area contributed by atoms with Gasteiger partial charge in [0.1, 0.15) is 23.4 Å². The number of rotatable bonds is 4. The van der Waals surface area contributed by atoms with Crippen molar-refractivity contribution >= 4 is 45.5 Å². The maximum Gasteiger partial charge on any atom is 0.408 e. The number of ether oxygens (including phenoxy) is 1. The molecule has 0 aromatic carbocycles. The summed E-state index contributed by atoms with van der Waals surface area (Å²) < 4.78 is 8.20. The molecule has 2 aromatic heterocycles. The lowest BCUT2D eigenvalue weighted by Crippen LogP contribution is -2.49. The summed E-state index contributed by atoms with van der Waals surface area (Å²) in [6.07, 6.45) is 4.54. The van der Waals surface area contributed by atoms with Gasteiger partial charge in [-0.1, -0.05) is 6.08 Å². The number of amides is 1. The van der Waals surface area contributed by atoms with Crippen LogP contribution in [0.1, 0.15) is 27.7 Å². The topological polar surface area (TPSA) is 95.1 Å². The molecule has 2 rings (SSSR count). The third-order valence-electron chi connectivity index (χ3n) is 3.37. The van der Waals surface area contributed by atoms with E-state index in [-0.39, 0.29) is 0 Å². The molecule has 0 aliphatic carbocycles. The molecule has 2 heterocycles. The Balaban J connectivity index is 2.29. The average Bonchev–Trinajstić information content (AvgIpc) is 2.74. The molecule has 0 saturated heterocycles. The highest BCUT2D eigenvalue weighted by Crippen LogP contribution is 2.26. The van der Waals surface area contributed by atoms with E-state index in [4.69, 9.17) is 10.5 Å². The minimum atomic E-state index is -0.711. The van der Waals surface area contributed by atoms with Gasteiger partial charge in [0.25, 0.3) is 0 Å². The Kier molecular flexibility index (Phi) is 5.07. The molecule has 24 heavy (non-hydrogen) atoms. The molecule has 0 radical (unpaired) electrons. The number of anilines is 1. The normalized spacial score (nSPS) is 14.2. The van der Waals surface area contributed by atoms with Gasteiger partial charge in [0.15, 0.2) is 0 Å². The van der Waals surface area contributed by atoms with Crippen molar-refractivity contribution in [2.45, 2.75) is 45.4 Å². The van der Waals surface area contributed by atoms with Crippen LogP contribution in [-0.2, 0) is 11.3 Å². The van der Waals surface area contributed by atoms with Gasteiger partial charge < -0.3 is 20.4 Å². The molecule has 0 aliphatic heterocycles. The average molecular weight is 443 g/mol. The van der Waals surface area contributed by atoms with Gasteiger partial charge >= 0.3 is 6.09 Å². The fourth-order valence-electron chi connectivity index (χ4n) is 2.27. The molecule has 0 aliphatic rings. The number of halogens is 1. The van der Waals surface area contributed by atoms with Crippen molar-refractivity contribution < 1.29 is 9.53 Å². The van der Waals surface area contributed by atoms with Gasteiger partial charge in [0.2, 0.25) is 0 Å². The fourth-order valence-corrected chi connectivity index (χ4v) is 3.12. The van der Waals surface area contributed by atoms with Crippen LogP contribution >= 0.6 is 22.6 Å². The molecular weight excluding hydrogens is 421 g/mol. The Labute approximate surface area is 154 Å². The zero-order chi connectivity index (χ0) is 18.1. The molecule has 0 saturated carbocycles. The summed E-state index contributed by atoms with van der Waals surface area (Å²) in [6.45, 7) is 11.6. The summed E-state index contributed by atoms with van der Waals surface area (Å²) in [7, 11) is 0. The van der Waals surface area contributed by atoms with Crippen LogP contribution in [0.15, 0.2) is 25.2 Å². The highest BCUT2D eigenvalue weighted by molar-refractivity contribution is 14.1. The molecule has 8 heteroatoms. The van der Waals surface area contributed by atoms with Gasteiger partial charge in [-0.25, -0.2) is 14.8 Å². The maximum absolute atomic E-state index is 12.1. The first-order valence-corrected chi connectivity index (χ1v) is 8.52. The van der Waals surface area contributed by atoms with E-state index < -0.39 is 17.2 Å². The smallest absolute Gasteiger partial charge is 0.408 e. The van der Waals surface area contributed by atoms with Gasteiger partial charge in [0.05, 0.1) is 17.5 Å². The van der Waals surface area contributed by atoms with Crippen LogP contribution in [0, 0.1) is 3.57 Å². The summed E-state index contributed by atoms with van der Waals surface area (Å²) in [6, 6.07) is 0. The van der Waals surface area contributed by atoms with Crippen LogP contribution in [-0.4, -0.2) is 31.8 Å². The predicted octanol–water partition coefficient (Wildman–Crippen LogP) is 3.09. The molecule has 2 aromatic rings. The summed E-state index contributed by atoms with van der Waals surface area (Å²) in [5, 5.41) is 3.67. The molecule has 1 atom stereocenters. The number of fused-ring (bicyclic) bond motifs is 1. The minimum Gasteiger partial charge on any atom is -0.444 e. The third kappa shape index (κ3) is 4.16. The lowest BCUT2D eigenvalue weighted by molar-refractivity contribution is 0.0477. The van der Waals surface area contributed by atoms with Crippen LogP contribution in [0.3, 0.4) is 0 Å². The molecule has 0 fully saturated rings. The van der Waals surface area contributed by atoms with Crippen LogP contribution in [0.5, 0.6) is 0 Å². The number of carbonyl (C=O) groups is 1. The molecular formula is C16H22IN5O2. The third-order valence-corrected chi connectivity index (χ3v) is 4.19. The highest BCUT2D eigenvalue weighted by atomic mass is 127. The quantitative estimate of drug-likeness (QED) is 0.560. The van der Waals surface area contributed by atoms with Crippen molar-refractivity contribution in [1.82, 2.24) is 19.9 Å². The summed E-state index contributed by atoms with van der Waals surface area (Å²) in [5.41, 5.74) is 5.37. The lowest BCUT2D eigenvalue weighted by atomic mass is 10.0. The predicted molar refractivity (Wildman–Crippen MR) is 103 cm³/mol. The zero-order valence-corrected chi connectivity index (χ0v) is 16.4. The largest absolute Gasteiger partial charge is 0.444 e. The van der Waals surface area contributed by atoms with Crippen LogP contribution in [0.25, 0.3) is 11.0 Å². The number of nitrogens with two attached hydrogens (primary N) is 1. The Morgan fingerprint density at radius 1 is 1.46 bits per heavy atom. The first-order valence-electron chi connectivity index (χ1n) is 7.44. The van der Waals surface area contributed by atoms with Gasteiger partial charge in [-0.15, -0.1) is 6.58 Å². The van der Waals surface area contributed by atoms with E-state index in [1.807, 2.05) is 38.5 Å². The second kappa shape index (κ2) is 6.58. The molecule has 1 amide bonds. The van der Waals surface area contributed by atoms with E-state index in [2.05, 4.69) is 44.5 Å². The van der Waals surface area contributed by atoms with Crippen molar-refractivity contribution in [3.63, 3.8) is 0 Å². The number of nitrogens with zero attached hydrogens (tertiary/aromatic N) is 3. The standard InChI is InChI=1S/C16H22IN5O2/c1-6-16(5,21-14(23)24-15(2,3)4)8-22-7-10(17)11-12(18)19-9-20-13(11)22/h6-7,9H,1,8H2,2-5H3,(H,21,23)(H2,18,19,20)/t16-/m1/s1. The number of carbonyl (C=O) groups excluding carboxylic acids is 1. The zero-order valence-electron chi connectivity index (χ0n) is 14.3. The molecule has 0 bridgehead atoms.